The van der Waals surface area contributed by atoms with Gasteiger partial charge >= 0.3 is 0 Å². The fourth-order valence-electron chi connectivity index (χ4n) is 4.42. The number of aromatic nitrogens is 2. The Kier molecular flexibility index (Phi) is 2.98. The van der Waals surface area contributed by atoms with E-state index in [1.54, 1.807) is 6.33 Å². The lowest BCUT2D eigenvalue weighted by molar-refractivity contribution is 0.304. The van der Waals surface area contributed by atoms with Crippen molar-refractivity contribution in [2.75, 3.05) is 11.1 Å². The van der Waals surface area contributed by atoms with E-state index in [-0.39, 0.29) is 0 Å². The SMILES string of the molecule is CC(Nc1ncnc2cc(N)ccc12)C1CC2CCC1C2. The van der Waals surface area contributed by atoms with Crippen LogP contribution < -0.4 is 11.1 Å². The summed E-state index contributed by atoms with van der Waals surface area (Å²) in [7, 11) is 0. The zero-order chi connectivity index (χ0) is 14.4. The first-order chi connectivity index (χ1) is 10.2. The van der Waals surface area contributed by atoms with E-state index in [1.165, 1.54) is 25.7 Å². The molecule has 1 aromatic heterocycles. The monoisotopic (exact) mass is 282 g/mol. The van der Waals surface area contributed by atoms with E-state index in [4.69, 9.17) is 5.73 Å². The molecule has 1 aromatic carbocycles. The van der Waals surface area contributed by atoms with Crippen LogP contribution in [-0.4, -0.2) is 16.0 Å². The second kappa shape index (κ2) is 4.86. The van der Waals surface area contributed by atoms with Crippen LogP contribution in [0.5, 0.6) is 0 Å². The quantitative estimate of drug-likeness (QED) is 0.846. The summed E-state index contributed by atoms with van der Waals surface area (Å²) in [6.07, 6.45) is 7.32. The Labute approximate surface area is 125 Å². The van der Waals surface area contributed by atoms with Crippen LogP contribution >= 0.6 is 0 Å². The number of anilines is 2. The van der Waals surface area contributed by atoms with Crippen molar-refractivity contribution in [2.24, 2.45) is 17.8 Å². The summed E-state index contributed by atoms with van der Waals surface area (Å²) in [6.45, 7) is 2.30. The molecule has 4 atom stereocenters. The molecule has 2 aliphatic carbocycles. The first-order valence-corrected chi connectivity index (χ1v) is 7.97. The molecular weight excluding hydrogens is 260 g/mol. The van der Waals surface area contributed by atoms with Crippen LogP contribution in [0.1, 0.15) is 32.6 Å². The molecule has 4 heteroatoms. The molecule has 3 N–H and O–H groups in total. The molecule has 0 aliphatic heterocycles. The Balaban J connectivity index is 1.59. The van der Waals surface area contributed by atoms with E-state index < -0.39 is 0 Å². The maximum atomic E-state index is 5.84. The molecule has 0 saturated heterocycles. The topological polar surface area (TPSA) is 63.8 Å². The van der Waals surface area contributed by atoms with Crippen LogP contribution in [0.3, 0.4) is 0 Å². The zero-order valence-electron chi connectivity index (χ0n) is 12.4. The highest BCUT2D eigenvalue weighted by Gasteiger charge is 2.41. The number of benzene rings is 1. The molecule has 4 nitrogen and oxygen atoms in total. The number of nitrogens with zero attached hydrogens (tertiary/aromatic N) is 2. The van der Waals surface area contributed by atoms with Crippen molar-refractivity contribution in [3.8, 4) is 0 Å². The standard InChI is InChI=1S/C17H22N4/c1-10(15-7-11-2-3-12(15)6-11)21-17-14-5-4-13(18)8-16(14)19-9-20-17/h4-5,8-12,15H,2-3,6-7,18H2,1H3,(H,19,20,21). The van der Waals surface area contributed by atoms with Gasteiger partial charge in [-0.25, -0.2) is 9.97 Å². The summed E-state index contributed by atoms with van der Waals surface area (Å²) in [5.41, 5.74) is 7.49. The fourth-order valence-corrected chi connectivity index (χ4v) is 4.42. The summed E-state index contributed by atoms with van der Waals surface area (Å²) < 4.78 is 0. The predicted molar refractivity (Wildman–Crippen MR) is 86.0 cm³/mol. The minimum atomic E-state index is 0.468. The lowest BCUT2D eigenvalue weighted by Crippen LogP contribution is -2.30. The molecule has 0 radical (unpaired) electrons. The fraction of sp³-hybridized carbons (Fsp3) is 0.529. The van der Waals surface area contributed by atoms with Crippen molar-refractivity contribution in [2.45, 2.75) is 38.6 Å². The number of hydrogen-bond acceptors (Lipinski definition) is 4. The highest BCUT2D eigenvalue weighted by atomic mass is 15.0. The Morgan fingerprint density at radius 3 is 2.90 bits per heavy atom. The van der Waals surface area contributed by atoms with Gasteiger partial charge in [0.25, 0.3) is 0 Å². The molecule has 2 aromatic rings. The van der Waals surface area contributed by atoms with Crippen LogP contribution in [0.25, 0.3) is 10.9 Å². The number of rotatable bonds is 3. The third-order valence-corrected chi connectivity index (χ3v) is 5.46. The van der Waals surface area contributed by atoms with Crippen LogP contribution in [0.4, 0.5) is 11.5 Å². The van der Waals surface area contributed by atoms with E-state index in [9.17, 15) is 0 Å². The van der Waals surface area contributed by atoms with E-state index in [1.807, 2.05) is 18.2 Å². The number of nitrogens with two attached hydrogens (primary N) is 1. The second-order valence-corrected chi connectivity index (χ2v) is 6.77. The lowest BCUT2D eigenvalue weighted by atomic mass is 9.84. The third-order valence-electron chi connectivity index (χ3n) is 5.46. The second-order valence-electron chi connectivity index (χ2n) is 6.77. The average molecular weight is 282 g/mol. The van der Waals surface area contributed by atoms with E-state index in [0.717, 1.165) is 40.2 Å². The van der Waals surface area contributed by atoms with Crippen LogP contribution in [0.15, 0.2) is 24.5 Å². The molecule has 2 aliphatic rings. The van der Waals surface area contributed by atoms with Crippen LogP contribution in [-0.2, 0) is 0 Å². The number of hydrogen-bond donors (Lipinski definition) is 2. The molecule has 21 heavy (non-hydrogen) atoms. The smallest absolute Gasteiger partial charge is 0.137 e. The molecular formula is C17H22N4. The van der Waals surface area contributed by atoms with Crippen molar-refractivity contribution in [1.82, 2.24) is 9.97 Å². The Morgan fingerprint density at radius 1 is 1.24 bits per heavy atom. The van der Waals surface area contributed by atoms with Gasteiger partial charge in [0.1, 0.15) is 12.1 Å². The summed E-state index contributed by atoms with van der Waals surface area (Å²) in [4.78, 5) is 8.76. The summed E-state index contributed by atoms with van der Waals surface area (Å²) in [6, 6.07) is 6.31. The molecule has 110 valence electrons. The molecule has 2 fully saturated rings. The Hall–Kier alpha value is -1.84. The largest absolute Gasteiger partial charge is 0.399 e. The number of nitrogen functional groups attached to an aromatic ring is 1. The van der Waals surface area contributed by atoms with Gasteiger partial charge in [0.15, 0.2) is 0 Å². The average Bonchev–Trinajstić information content (AvgIpc) is 3.10. The Bertz CT molecular complexity index is 669. The highest BCUT2D eigenvalue weighted by Crippen LogP contribution is 2.49. The van der Waals surface area contributed by atoms with Gasteiger partial charge in [-0.15, -0.1) is 0 Å². The summed E-state index contributed by atoms with van der Waals surface area (Å²) in [5, 5.41) is 4.70. The first-order valence-electron chi connectivity index (χ1n) is 7.97. The summed E-state index contributed by atoms with van der Waals surface area (Å²) >= 11 is 0. The molecule has 2 saturated carbocycles. The van der Waals surface area contributed by atoms with E-state index in [2.05, 4.69) is 22.2 Å². The summed E-state index contributed by atoms with van der Waals surface area (Å²) in [5.74, 6) is 3.63. The van der Waals surface area contributed by atoms with Gasteiger partial charge in [0.2, 0.25) is 0 Å². The maximum Gasteiger partial charge on any atom is 0.137 e. The minimum Gasteiger partial charge on any atom is -0.399 e. The maximum absolute atomic E-state index is 5.84. The lowest BCUT2D eigenvalue weighted by Gasteiger charge is -2.29. The van der Waals surface area contributed by atoms with Gasteiger partial charge in [-0.3, -0.25) is 0 Å². The van der Waals surface area contributed by atoms with Gasteiger partial charge < -0.3 is 11.1 Å². The van der Waals surface area contributed by atoms with E-state index in [0.29, 0.717) is 6.04 Å². The molecule has 4 unspecified atom stereocenters. The molecule has 4 rings (SSSR count). The molecule has 0 spiro atoms. The highest BCUT2D eigenvalue weighted by molar-refractivity contribution is 5.90. The molecule has 2 bridgehead atoms. The van der Waals surface area contributed by atoms with Crippen molar-refractivity contribution >= 4 is 22.4 Å². The van der Waals surface area contributed by atoms with Crippen molar-refractivity contribution in [1.29, 1.82) is 0 Å². The minimum absolute atomic E-state index is 0.468. The first kappa shape index (κ1) is 12.9. The number of nitrogens with one attached hydrogen (secondary N) is 1. The normalized spacial score (nSPS) is 28.9. The van der Waals surface area contributed by atoms with Gasteiger partial charge in [-0.2, -0.15) is 0 Å². The van der Waals surface area contributed by atoms with Gasteiger partial charge in [-0.1, -0.05) is 6.42 Å². The van der Waals surface area contributed by atoms with E-state index >= 15 is 0 Å². The number of fused-ring (bicyclic) bond motifs is 3. The van der Waals surface area contributed by atoms with Gasteiger partial charge in [0.05, 0.1) is 5.52 Å². The Morgan fingerprint density at radius 2 is 2.14 bits per heavy atom. The molecule has 1 heterocycles. The van der Waals surface area contributed by atoms with Crippen LogP contribution in [0, 0.1) is 17.8 Å². The molecule has 0 amide bonds. The van der Waals surface area contributed by atoms with Gasteiger partial charge in [-0.05, 0) is 62.1 Å². The van der Waals surface area contributed by atoms with Crippen molar-refractivity contribution < 1.29 is 0 Å². The van der Waals surface area contributed by atoms with Gasteiger partial charge in [0, 0.05) is 17.1 Å². The zero-order valence-corrected chi connectivity index (χ0v) is 12.4. The van der Waals surface area contributed by atoms with Crippen LogP contribution in [0.2, 0.25) is 0 Å². The van der Waals surface area contributed by atoms with Crippen molar-refractivity contribution in [3.05, 3.63) is 24.5 Å². The third kappa shape index (κ3) is 2.23. The van der Waals surface area contributed by atoms with Crippen molar-refractivity contribution in [3.63, 3.8) is 0 Å². The predicted octanol–water partition coefficient (Wildman–Crippen LogP) is 3.45.